The Balaban J connectivity index is 1.61. The van der Waals surface area contributed by atoms with E-state index in [-0.39, 0.29) is 23.9 Å². The number of morpholine rings is 1. The molecule has 29 heavy (non-hydrogen) atoms. The summed E-state index contributed by atoms with van der Waals surface area (Å²) in [4.78, 5) is 45.0. The van der Waals surface area contributed by atoms with Gasteiger partial charge >= 0.3 is 0 Å². The van der Waals surface area contributed by atoms with Crippen molar-refractivity contribution in [3.8, 4) is 0 Å². The summed E-state index contributed by atoms with van der Waals surface area (Å²) in [6.07, 6.45) is 1.37. The van der Waals surface area contributed by atoms with E-state index in [1.54, 1.807) is 24.0 Å². The number of benzene rings is 1. The van der Waals surface area contributed by atoms with Crippen molar-refractivity contribution in [2.24, 2.45) is 0 Å². The van der Waals surface area contributed by atoms with E-state index in [0.717, 1.165) is 0 Å². The molecular formula is C20H20N4O4S. The molecule has 9 heteroatoms. The molecule has 0 bridgehead atoms. The number of carbonyl (C=O) groups is 2. The van der Waals surface area contributed by atoms with Crippen LogP contribution in [0.25, 0.3) is 10.2 Å². The summed E-state index contributed by atoms with van der Waals surface area (Å²) in [6.45, 7) is 3.69. The largest absolute Gasteiger partial charge is 0.378 e. The van der Waals surface area contributed by atoms with Gasteiger partial charge in [0.2, 0.25) is 5.91 Å². The van der Waals surface area contributed by atoms with Gasteiger partial charge in [-0.25, -0.2) is 4.98 Å². The Morgan fingerprint density at radius 2 is 1.93 bits per heavy atom. The molecule has 0 saturated carbocycles. The van der Waals surface area contributed by atoms with Gasteiger partial charge in [0.1, 0.15) is 11.4 Å². The number of hydrogen-bond donors (Lipinski definition) is 1. The smallest absolute Gasteiger partial charge is 0.266 e. The highest BCUT2D eigenvalue weighted by atomic mass is 32.1. The minimum absolute atomic E-state index is 0.0807. The Morgan fingerprint density at radius 1 is 1.21 bits per heavy atom. The molecule has 1 N–H and O–H groups in total. The van der Waals surface area contributed by atoms with Crippen LogP contribution in [0.4, 0.5) is 5.69 Å². The first-order valence-electron chi connectivity index (χ1n) is 9.25. The molecule has 0 atom stereocenters. The van der Waals surface area contributed by atoms with Crippen molar-refractivity contribution < 1.29 is 14.3 Å². The highest BCUT2D eigenvalue weighted by Gasteiger charge is 2.22. The van der Waals surface area contributed by atoms with E-state index in [9.17, 15) is 14.4 Å². The van der Waals surface area contributed by atoms with Crippen molar-refractivity contribution in [2.75, 3.05) is 31.6 Å². The zero-order valence-corrected chi connectivity index (χ0v) is 16.7. The summed E-state index contributed by atoms with van der Waals surface area (Å²) in [5.41, 5.74) is 0.934. The van der Waals surface area contributed by atoms with Crippen molar-refractivity contribution in [2.45, 2.75) is 13.5 Å². The monoisotopic (exact) mass is 412 g/mol. The molecule has 1 fully saturated rings. The van der Waals surface area contributed by atoms with Gasteiger partial charge in [0.25, 0.3) is 11.5 Å². The minimum Gasteiger partial charge on any atom is -0.378 e. The number of nitrogens with one attached hydrogen (secondary N) is 1. The topological polar surface area (TPSA) is 93.5 Å². The molecule has 0 unspecified atom stereocenters. The zero-order valence-electron chi connectivity index (χ0n) is 15.9. The van der Waals surface area contributed by atoms with Gasteiger partial charge in [-0.1, -0.05) is 18.2 Å². The SMILES string of the molecule is Cc1c(C(=O)Nc2ccccc2)sc2ncn(CC(=O)N3CCOCC3)c(=O)c12. The van der Waals surface area contributed by atoms with E-state index in [1.165, 1.54) is 22.2 Å². The second-order valence-corrected chi connectivity index (χ2v) is 7.73. The number of aromatic nitrogens is 2. The molecule has 150 valence electrons. The lowest BCUT2D eigenvalue weighted by atomic mass is 10.2. The molecule has 1 aliphatic heterocycles. The lowest BCUT2D eigenvalue weighted by Gasteiger charge is -2.26. The molecule has 4 rings (SSSR count). The number of amides is 2. The summed E-state index contributed by atoms with van der Waals surface area (Å²) < 4.78 is 6.56. The van der Waals surface area contributed by atoms with Gasteiger partial charge < -0.3 is 15.0 Å². The van der Waals surface area contributed by atoms with E-state index >= 15 is 0 Å². The predicted octanol–water partition coefficient (Wildman–Crippen LogP) is 1.88. The Bertz CT molecular complexity index is 1120. The van der Waals surface area contributed by atoms with Crippen molar-refractivity contribution in [1.82, 2.24) is 14.5 Å². The van der Waals surface area contributed by atoms with Gasteiger partial charge in [-0.15, -0.1) is 11.3 Å². The Hall–Kier alpha value is -3.04. The second kappa shape index (κ2) is 8.14. The number of nitrogens with zero attached hydrogens (tertiary/aromatic N) is 3. The molecule has 1 aliphatic rings. The van der Waals surface area contributed by atoms with Gasteiger partial charge in [-0.2, -0.15) is 0 Å². The Kier molecular flexibility index (Phi) is 5.41. The number of fused-ring (bicyclic) bond motifs is 1. The number of ether oxygens (including phenoxy) is 1. The lowest BCUT2D eigenvalue weighted by molar-refractivity contribution is -0.135. The average Bonchev–Trinajstić information content (AvgIpc) is 3.08. The molecule has 3 aromatic rings. The number of carbonyl (C=O) groups excluding carboxylic acids is 2. The predicted molar refractivity (Wildman–Crippen MR) is 110 cm³/mol. The number of hydrogen-bond acceptors (Lipinski definition) is 6. The molecule has 2 amide bonds. The standard InChI is InChI=1S/C20H20N4O4S/c1-13-16-19(29-17(13)18(26)22-14-5-3-2-4-6-14)21-12-24(20(16)27)11-15(25)23-7-9-28-10-8-23/h2-6,12H,7-11H2,1H3,(H,22,26). The molecule has 1 aromatic carbocycles. The Morgan fingerprint density at radius 3 is 2.66 bits per heavy atom. The maximum Gasteiger partial charge on any atom is 0.266 e. The van der Waals surface area contributed by atoms with Crippen molar-refractivity contribution in [3.63, 3.8) is 0 Å². The van der Waals surface area contributed by atoms with Gasteiger partial charge in [0.15, 0.2) is 0 Å². The molecule has 8 nitrogen and oxygen atoms in total. The fourth-order valence-electron chi connectivity index (χ4n) is 3.26. The summed E-state index contributed by atoms with van der Waals surface area (Å²) in [5, 5.41) is 3.21. The van der Waals surface area contributed by atoms with Crippen LogP contribution in [-0.4, -0.2) is 52.6 Å². The molecule has 0 aliphatic carbocycles. The van der Waals surface area contributed by atoms with Crippen LogP contribution in [0.2, 0.25) is 0 Å². The van der Waals surface area contributed by atoms with E-state index in [2.05, 4.69) is 10.3 Å². The number of aryl methyl sites for hydroxylation is 1. The van der Waals surface area contributed by atoms with Crippen LogP contribution < -0.4 is 10.9 Å². The minimum atomic E-state index is -0.316. The van der Waals surface area contributed by atoms with Crippen molar-refractivity contribution in [3.05, 3.63) is 57.5 Å². The molecule has 2 aromatic heterocycles. The van der Waals surface area contributed by atoms with Gasteiger partial charge in [0.05, 0.1) is 29.8 Å². The van der Waals surface area contributed by atoms with E-state index in [0.29, 0.717) is 52.6 Å². The zero-order chi connectivity index (χ0) is 20.4. The highest BCUT2D eigenvalue weighted by molar-refractivity contribution is 7.20. The quantitative estimate of drug-likeness (QED) is 0.706. The number of anilines is 1. The molecule has 1 saturated heterocycles. The lowest BCUT2D eigenvalue weighted by Crippen LogP contribution is -2.43. The molecular weight excluding hydrogens is 392 g/mol. The fourth-order valence-corrected chi connectivity index (χ4v) is 4.29. The van der Waals surface area contributed by atoms with Gasteiger partial charge in [-0.3, -0.25) is 19.0 Å². The first kappa shape index (κ1) is 19.3. The first-order chi connectivity index (χ1) is 14.0. The van der Waals surface area contributed by atoms with Crippen LogP contribution in [0.15, 0.2) is 41.5 Å². The summed E-state index contributed by atoms with van der Waals surface area (Å²) in [7, 11) is 0. The van der Waals surface area contributed by atoms with Crippen LogP contribution in [0, 0.1) is 6.92 Å². The highest BCUT2D eigenvalue weighted by Crippen LogP contribution is 2.27. The summed E-state index contributed by atoms with van der Waals surface area (Å²) in [6, 6.07) is 9.12. The average molecular weight is 412 g/mol. The number of rotatable bonds is 4. The van der Waals surface area contributed by atoms with Crippen molar-refractivity contribution >= 4 is 39.1 Å². The van der Waals surface area contributed by atoms with Crippen LogP contribution >= 0.6 is 11.3 Å². The normalized spacial score (nSPS) is 14.2. The van der Waals surface area contributed by atoms with E-state index in [1.807, 2.05) is 18.2 Å². The van der Waals surface area contributed by atoms with E-state index in [4.69, 9.17) is 4.74 Å². The summed E-state index contributed by atoms with van der Waals surface area (Å²) >= 11 is 1.17. The summed E-state index contributed by atoms with van der Waals surface area (Å²) in [5.74, 6) is -0.432. The fraction of sp³-hybridized carbons (Fsp3) is 0.300. The van der Waals surface area contributed by atoms with Crippen LogP contribution in [0.3, 0.4) is 0 Å². The second-order valence-electron chi connectivity index (χ2n) is 6.73. The molecule has 0 spiro atoms. The van der Waals surface area contributed by atoms with Crippen LogP contribution in [0.1, 0.15) is 15.2 Å². The third-order valence-electron chi connectivity index (χ3n) is 4.82. The van der Waals surface area contributed by atoms with E-state index < -0.39 is 0 Å². The maximum absolute atomic E-state index is 13.0. The maximum atomic E-state index is 13.0. The van der Waals surface area contributed by atoms with Crippen LogP contribution in [-0.2, 0) is 16.1 Å². The van der Waals surface area contributed by atoms with Crippen LogP contribution in [0.5, 0.6) is 0 Å². The molecule has 0 radical (unpaired) electrons. The van der Waals surface area contributed by atoms with Crippen molar-refractivity contribution in [1.29, 1.82) is 0 Å². The van der Waals surface area contributed by atoms with Gasteiger partial charge in [-0.05, 0) is 24.6 Å². The third-order valence-corrected chi connectivity index (χ3v) is 6.02. The number of thiophene rings is 1. The number of para-hydroxylation sites is 1. The van der Waals surface area contributed by atoms with Gasteiger partial charge in [0, 0.05) is 18.8 Å². The molecule has 3 heterocycles. The third kappa shape index (κ3) is 3.92. The first-order valence-corrected chi connectivity index (χ1v) is 10.1. The Labute approximate surface area is 170 Å².